The van der Waals surface area contributed by atoms with E-state index in [-0.39, 0.29) is 6.03 Å². The second kappa shape index (κ2) is 7.26. The largest absolute Gasteiger partial charge is 0.368 e. The first kappa shape index (κ1) is 16.8. The van der Waals surface area contributed by atoms with Crippen LogP contribution in [0.3, 0.4) is 0 Å². The Morgan fingerprint density at radius 3 is 2.38 bits per heavy atom. The van der Waals surface area contributed by atoms with Gasteiger partial charge in [-0.25, -0.2) is 4.79 Å². The molecule has 126 valence electrons. The molecule has 1 aliphatic rings. The second-order valence-corrected chi connectivity index (χ2v) is 7.01. The standard InChI is InChI=1S/C19H22BrN3O/c1-14-5-3-4-6-18(14)22-9-11-23(12-10-22)19(24)21-16-7-8-17(20)15(2)13-16/h3-8,13H,9-12H2,1-2H3,(H,21,24). The van der Waals surface area contributed by atoms with E-state index < -0.39 is 0 Å². The maximum Gasteiger partial charge on any atom is 0.321 e. The van der Waals surface area contributed by atoms with Gasteiger partial charge >= 0.3 is 6.03 Å². The molecule has 2 aromatic carbocycles. The smallest absolute Gasteiger partial charge is 0.321 e. The molecule has 0 spiro atoms. The van der Waals surface area contributed by atoms with Crippen LogP contribution in [0.4, 0.5) is 16.2 Å². The highest BCUT2D eigenvalue weighted by Crippen LogP contribution is 2.22. The van der Waals surface area contributed by atoms with Crippen molar-refractivity contribution in [1.82, 2.24) is 4.90 Å². The van der Waals surface area contributed by atoms with E-state index in [9.17, 15) is 4.79 Å². The number of anilines is 2. The summed E-state index contributed by atoms with van der Waals surface area (Å²) in [7, 11) is 0. The fourth-order valence-electron chi connectivity index (χ4n) is 2.99. The van der Waals surface area contributed by atoms with Gasteiger partial charge in [0.1, 0.15) is 0 Å². The zero-order valence-corrected chi connectivity index (χ0v) is 15.6. The summed E-state index contributed by atoms with van der Waals surface area (Å²) < 4.78 is 1.05. The molecule has 4 nitrogen and oxygen atoms in total. The van der Waals surface area contributed by atoms with E-state index in [1.165, 1.54) is 11.3 Å². The first-order valence-corrected chi connectivity index (χ1v) is 8.96. The Kier molecular flexibility index (Phi) is 5.09. The molecule has 5 heteroatoms. The van der Waals surface area contributed by atoms with Crippen LogP contribution in [0.1, 0.15) is 11.1 Å². The molecule has 0 aromatic heterocycles. The summed E-state index contributed by atoms with van der Waals surface area (Å²) in [4.78, 5) is 16.7. The molecule has 2 aromatic rings. The van der Waals surface area contributed by atoms with Crippen molar-refractivity contribution in [3.8, 4) is 0 Å². The average molecular weight is 388 g/mol. The Bertz CT molecular complexity index is 739. The summed E-state index contributed by atoms with van der Waals surface area (Å²) in [6, 6.07) is 14.2. The molecule has 1 saturated heterocycles. The molecule has 0 aliphatic carbocycles. The second-order valence-electron chi connectivity index (χ2n) is 6.15. The van der Waals surface area contributed by atoms with Gasteiger partial charge in [0.2, 0.25) is 0 Å². The van der Waals surface area contributed by atoms with Crippen LogP contribution in [-0.2, 0) is 0 Å². The normalized spacial score (nSPS) is 14.6. The number of rotatable bonds is 2. The zero-order chi connectivity index (χ0) is 17.1. The molecule has 3 rings (SSSR count). The van der Waals surface area contributed by atoms with E-state index >= 15 is 0 Å². The lowest BCUT2D eigenvalue weighted by atomic mass is 10.1. The predicted octanol–water partition coefficient (Wildman–Crippen LogP) is 4.42. The lowest BCUT2D eigenvalue weighted by molar-refractivity contribution is 0.208. The Morgan fingerprint density at radius 2 is 1.71 bits per heavy atom. The molecule has 1 N–H and O–H groups in total. The SMILES string of the molecule is Cc1cc(NC(=O)N2CCN(c3ccccc3C)CC2)ccc1Br. The van der Waals surface area contributed by atoms with Crippen molar-refractivity contribution in [3.05, 3.63) is 58.1 Å². The number of para-hydroxylation sites is 1. The number of amides is 2. The molecule has 24 heavy (non-hydrogen) atoms. The van der Waals surface area contributed by atoms with Crippen molar-refractivity contribution in [2.24, 2.45) is 0 Å². The van der Waals surface area contributed by atoms with Crippen LogP contribution in [0.5, 0.6) is 0 Å². The van der Waals surface area contributed by atoms with Crippen molar-refractivity contribution in [3.63, 3.8) is 0 Å². The minimum absolute atomic E-state index is 0.0267. The molecule has 1 fully saturated rings. The lowest BCUT2D eigenvalue weighted by Crippen LogP contribution is -2.50. The molecule has 0 atom stereocenters. The first-order chi connectivity index (χ1) is 11.5. The minimum Gasteiger partial charge on any atom is -0.368 e. The Labute approximate surface area is 151 Å². The molecule has 0 saturated carbocycles. The van der Waals surface area contributed by atoms with E-state index in [0.717, 1.165) is 41.9 Å². The van der Waals surface area contributed by atoms with Gasteiger partial charge in [-0.15, -0.1) is 0 Å². The number of nitrogens with zero attached hydrogens (tertiary/aromatic N) is 2. The average Bonchev–Trinajstić information content (AvgIpc) is 2.59. The number of aryl methyl sites for hydroxylation is 2. The minimum atomic E-state index is -0.0267. The molecular weight excluding hydrogens is 366 g/mol. The monoisotopic (exact) mass is 387 g/mol. The van der Waals surface area contributed by atoms with Gasteiger partial charge in [0.05, 0.1) is 0 Å². The van der Waals surface area contributed by atoms with Gasteiger partial charge in [-0.2, -0.15) is 0 Å². The molecule has 1 aliphatic heterocycles. The maximum atomic E-state index is 12.5. The Hall–Kier alpha value is -2.01. The van der Waals surface area contributed by atoms with Gasteiger partial charge in [0.25, 0.3) is 0 Å². The Balaban J connectivity index is 1.59. The number of halogens is 1. The zero-order valence-electron chi connectivity index (χ0n) is 14.1. The molecule has 2 amide bonds. The van der Waals surface area contributed by atoms with Gasteiger partial charge in [-0.3, -0.25) is 0 Å². The van der Waals surface area contributed by atoms with Crippen LogP contribution in [0.15, 0.2) is 46.9 Å². The van der Waals surface area contributed by atoms with E-state index in [1.54, 1.807) is 0 Å². The number of hydrogen-bond donors (Lipinski definition) is 1. The van der Waals surface area contributed by atoms with Gasteiger partial charge in [0, 0.05) is 42.0 Å². The summed E-state index contributed by atoms with van der Waals surface area (Å²) in [5.41, 5.74) is 4.49. The fraction of sp³-hybridized carbons (Fsp3) is 0.316. The molecular formula is C19H22BrN3O. The number of carbonyl (C=O) groups is 1. The highest BCUT2D eigenvalue weighted by Gasteiger charge is 2.22. The fourth-order valence-corrected chi connectivity index (χ4v) is 3.24. The van der Waals surface area contributed by atoms with Crippen molar-refractivity contribution in [1.29, 1.82) is 0 Å². The quantitative estimate of drug-likeness (QED) is 0.827. The highest BCUT2D eigenvalue weighted by atomic mass is 79.9. The molecule has 0 bridgehead atoms. The van der Waals surface area contributed by atoms with Crippen LogP contribution >= 0.6 is 15.9 Å². The van der Waals surface area contributed by atoms with Crippen LogP contribution in [-0.4, -0.2) is 37.1 Å². The highest BCUT2D eigenvalue weighted by molar-refractivity contribution is 9.10. The summed E-state index contributed by atoms with van der Waals surface area (Å²) in [5.74, 6) is 0. The van der Waals surface area contributed by atoms with E-state index in [1.807, 2.05) is 30.0 Å². The third-order valence-corrected chi connectivity index (χ3v) is 5.32. The van der Waals surface area contributed by atoms with Crippen molar-refractivity contribution < 1.29 is 4.79 Å². The number of nitrogens with one attached hydrogen (secondary N) is 1. The van der Waals surface area contributed by atoms with Crippen LogP contribution in [0, 0.1) is 13.8 Å². The summed E-state index contributed by atoms with van der Waals surface area (Å²) in [5, 5.41) is 2.99. The number of carbonyl (C=O) groups excluding carboxylic acids is 1. The summed E-state index contributed by atoms with van der Waals surface area (Å²) in [6.07, 6.45) is 0. The van der Waals surface area contributed by atoms with Crippen LogP contribution < -0.4 is 10.2 Å². The van der Waals surface area contributed by atoms with E-state index in [2.05, 4.69) is 57.3 Å². The summed E-state index contributed by atoms with van der Waals surface area (Å²) >= 11 is 3.48. The van der Waals surface area contributed by atoms with Gasteiger partial charge < -0.3 is 15.1 Å². The maximum absolute atomic E-state index is 12.5. The number of benzene rings is 2. The van der Waals surface area contributed by atoms with Gasteiger partial charge in [-0.05, 0) is 49.2 Å². The van der Waals surface area contributed by atoms with Crippen LogP contribution in [0.25, 0.3) is 0 Å². The third kappa shape index (κ3) is 3.73. The molecule has 0 unspecified atom stereocenters. The number of piperazine rings is 1. The van der Waals surface area contributed by atoms with E-state index in [0.29, 0.717) is 0 Å². The Morgan fingerprint density at radius 1 is 1.00 bits per heavy atom. The lowest BCUT2D eigenvalue weighted by Gasteiger charge is -2.36. The van der Waals surface area contributed by atoms with Crippen molar-refractivity contribution >= 4 is 33.3 Å². The van der Waals surface area contributed by atoms with E-state index in [4.69, 9.17) is 0 Å². The summed E-state index contributed by atoms with van der Waals surface area (Å²) in [6.45, 7) is 7.33. The molecule has 1 heterocycles. The predicted molar refractivity (Wildman–Crippen MR) is 103 cm³/mol. The topological polar surface area (TPSA) is 35.6 Å². The van der Waals surface area contributed by atoms with Gasteiger partial charge in [0.15, 0.2) is 0 Å². The first-order valence-electron chi connectivity index (χ1n) is 8.17. The van der Waals surface area contributed by atoms with Crippen molar-refractivity contribution in [2.75, 3.05) is 36.4 Å². The van der Waals surface area contributed by atoms with Crippen LogP contribution in [0.2, 0.25) is 0 Å². The van der Waals surface area contributed by atoms with Crippen molar-refractivity contribution in [2.45, 2.75) is 13.8 Å². The number of urea groups is 1. The molecule has 0 radical (unpaired) electrons. The van der Waals surface area contributed by atoms with Gasteiger partial charge in [-0.1, -0.05) is 34.1 Å². The third-order valence-electron chi connectivity index (χ3n) is 4.43. The number of hydrogen-bond acceptors (Lipinski definition) is 2.